The molecule has 1 unspecified atom stereocenters. The van der Waals surface area contributed by atoms with Crippen LogP contribution in [0.3, 0.4) is 0 Å². The minimum atomic E-state index is -0.993. The number of carboxylic acids is 1. The van der Waals surface area contributed by atoms with E-state index < -0.39 is 11.9 Å². The molecule has 2 rings (SSSR count). The van der Waals surface area contributed by atoms with Gasteiger partial charge in [-0.3, -0.25) is 9.20 Å². The molecule has 0 bridgehead atoms. The van der Waals surface area contributed by atoms with E-state index in [9.17, 15) is 4.79 Å². The smallest absolute Gasteiger partial charge is 0.315 e. The minimum Gasteiger partial charge on any atom is -0.481 e. The van der Waals surface area contributed by atoms with Crippen LogP contribution in [-0.2, 0) is 4.79 Å². The van der Waals surface area contributed by atoms with Gasteiger partial charge in [-0.15, -0.1) is 0 Å². The molecule has 2 heterocycles. The summed E-state index contributed by atoms with van der Waals surface area (Å²) in [6, 6.07) is 0. The molecule has 0 spiro atoms. The summed E-state index contributed by atoms with van der Waals surface area (Å²) in [5.41, 5.74) is 6.25. The fourth-order valence-electron chi connectivity index (χ4n) is 1.42. The van der Waals surface area contributed by atoms with E-state index in [4.69, 9.17) is 15.3 Å². The number of carbonyl (C=O) groups is 1. The lowest BCUT2D eigenvalue weighted by molar-refractivity contribution is -0.138. The van der Waals surface area contributed by atoms with Crippen LogP contribution in [0.15, 0.2) is 16.8 Å². The monoisotopic (exact) mass is 209 g/mol. The van der Waals surface area contributed by atoms with E-state index in [0.717, 1.165) is 5.69 Å². The van der Waals surface area contributed by atoms with Crippen LogP contribution in [0, 0.1) is 6.92 Å². The van der Waals surface area contributed by atoms with Gasteiger partial charge in [0.25, 0.3) is 0 Å². The molecule has 3 N–H and O–H groups in total. The zero-order chi connectivity index (χ0) is 11.0. The highest BCUT2D eigenvalue weighted by Gasteiger charge is 2.23. The van der Waals surface area contributed by atoms with Gasteiger partial charge in [0.1, 0.15) is 11.7 Å². The second-order valence-electron chi connectivity index (χ2n) is 3.31. The molecule has 2 aromatic rings. The molecule has 0 saturated heterocycles. The number of fused-ring (bicyclic) bond motifs is 1. The van der Waals surface area contributed by atoms with E-state index in [1.54, 1.807) is 16.8 Å². The number of imidazole rings is 1. The average Bonchev–Trinajstić information content (AvgIpc) is 2.70. The Morgan fingerprint density at radius 3 is 3.07 bits per heavy atom. The van der Waals surface area contributed by atoms with Crippen LogP contribution < -0.4 is 5.73 Å². The normalized spacial score (nSPS) is 13.2. The SMILES string of the molecule is Cc1cnc2oc(C(CN)C(=O)O)cn12. The van der Waals surface area contributed by atoms with Gasteiger partial charge >= 0.3 is 11.8 Å². The molecule has 0 saturated carbocycles. The highest BCUT2D eigenvalue weighted by Crippen LogP contribution is 2.19. The third-order valence-electron chi connectivity index (χ3n) is 2.29. The predicted molar refractivity (Wildman–Crippen MR) is 51.6 cm³/mol. The molecule has 6 heteroatoms. The number of hydrogen-bond donors (Lipinski definition) is 2. The highest BCUT2D eigenvalue weighted by atomic mass is 16.4. The third kappa shape index (κ3) is 1.48. The molecule has 0 radical (unpaired) electrons. The number of oxazole rings is 1. The average molecular weight is 209 g/mol. The van der Waals surface area contributed by atoms with Gasteiger partial charge in [-0.2, -0.15) is 0 Å². The number of carboxylic acid groups (broad SMARTS) is 1. The summed E-state index contributed by atoms with van der Waals surface area (Å²) in [5.74, 6) is -1.09. The van der Waals surface area contributed by atoms with Crippen molar-refractivity contribution in [1.29, 1.82) is 0 Å². The lowest BCUT2D eigenvalue weighted by Crippen LogP contribution is -2.20. The lowest BCUT2D eigenvalue weighted by atomic mass is 10.1. The molecule has 0 aliphatic carbocycles. The van der Waals surface area contributed by atoms with Crippen LogP contribution in [-0.4, -0.2) is 27.0 Å². The van der Waals surface area contributed by atoms with Gasteiger partial charge in [-0.1, -0.05) is 0 Å². The number of hydrogen-bond acceptors (Lipinski definition) is 4. The van der Waals surface area contributed by atoms with Crippen LogP contribution in [0.2, 0.25) is 0 Å². The van der Waals surface area contributed by atoms with Gasteiger partial charge in [-0.05, 0) is 6.92 Å². The predicted octanol–water partition coefficient (Wildman–Crippen LogP) is 0.363. The van der Waals surface area contributed by atoms with E-state index in [2.05, 4.69) is 4.98 Å². The molecule has 0 amide bonds. The van der Waals surface area contributed by atoms with Crippen LogP contribution in [0.1, 0.15) is 17.4 Å². The summed E-state index contributed by atoms with van der Waals surface area (Å²) in [7, 11) is 0. The Bertz CT molecular complexity index is 500. The molecular formula is C9H11N3O3. The van der Waals surface area contributed by atoms with Crippen molar-refractivity contribution in [3.63, 3.8) is 0 Å². The first-order chi connectivity index (χ1) is 7.13. The van der Waals surface area contributed by atoms with Crippen molar-refractivity contribution in [2.75, 3.05) is 6.54 Å². The summed E-state index contributed by atoms with van der Waals surface area (Å²) < 4.78 is 6.99. The number of aliphatic carboxylic acids is 1. The molecular weight excluding hydrogens is 198 g/mol. The van der Waals surface area contributed by atoms with Crippen molar-refractivity contribution in [3.8, 4) is 0 Å². The largest absolute Gasteiger partial charge is 0.481 e. The Hall–Kier alpha value is -1.82. The van der Waals surface area contributed by atoms with Gasteiger partial charge in [-0.25, -0.2) is 4.98 Å². The lowest BCUT2D eigenvalue weighted by Gasteiger charge is -2.03. The quantitative estimate of drug-likeness (QED) is 0.761. The van der Waals surface area contributed by atoms with Crippen LogP contribution in [0.4, 0.5) is 0 Å². The number of nitrogens with two attached hydrogens (primary N) is 1. The Morgan fingerprint density at radius 1 is 1.80 bits per heavy atom. The zero-order valence-corrected chi connectivity index (χ0v) is 8.17. The van der Waals surface area contributed by atoms with Gasteiger partial charge in [0.05, 0.1) is 12.4 Å². The summed E-state index contributed by atoms with van der Waals surface area (Å²) in [4.78, 5) is 14.8. The summed E-state index contributed by atoms with van der Waals surface area (Å²) in [5, 5.41) is 8.89. The van der Waals surface area contributed by atoms with Crippen molar-refractivity contribution in [2.24, 2.45) is 5.73 Å². The van der Waals surface area contributed by atoms with E-state index in [0.29, 0.717) is 11.6 Å². The van der Waals surface area contributed by atoms with Gasteiger partial charge in [0.2, 0.25) is 0 Å². The van der Waals surface area contributed by atoms with Crippen molar-refractivity contribution >= 4 is 11.8 Å². The number of rotatable bonds is 3. The number of nitrogens with zero attached hydrogens (tertiary/aromatic N) is 2. The van der Waals surface area contributed by atoms with Crippen molar-refractivity contribution in [3.05, 3.63) is 23.8 Å². The summed E-state index contributed by atoms with van der Waals surface area (Å²) in [6.07, 6.45) is 3.27. The van der Waals surface area contributed by atoms with Crippen LogP contribution in [0.25, 0.3) is 5.84 Å². The molecule has 0 fully saturated rings. The second kappa shape index (κ2) is 3.39. The van der Waals surface area contributed by atoms with E-state index in [-0.39, 0.29) is 6.54 Å². The number of aromatic nitrogens is 2. The topological polar surface area (TPSA) is 93.8 Å². The fraction of sp³-hybridized carbons (Fsp3) is 0.333. The minimum absolute atomic E-state index is 0.00501. The van der Waals surface area contributed by atoms with Crippen molar-refractivity contribution in [1.82, 2.24) is 9.38 Å². The van der Waals surface area contributed by atoms with E-state index in [1.807, 2.05) is 6.92 Å². The third-order valence-corrected chi connectivity index (χ3v) is 2.29. The Kier molecular flexibility index (Phi) is 2.20. The van der Waals surface area contributed by atoms with Gasteiger partial charge in [0, 0.05) is 12.2 Å². The van der Waals surface area contributed by atoms with Gasteiger partial charge < -0.3 is 15.3 Å². The van der Waals surface area contributed by atoms with Crippen LogP contribution >= 0.6 is 0 Å². The first-order valence-electron chi connectivity index (χ1n) is 4.49. The maximum absolute atomic E-state index is 10.8. The second-order valence-corrected chi connectivity index (χ2v) is 3.31. The Labute approximate surface area is 85.3 Å². The van der Waals surface area contributed by atoms with Gasteiger partial charge in [0.15, 0.2) is 0 Å². The molecule has 0 aliphatic heterocycles. The molecule has 15 heavy (non-hydrogen) atoms. The first kappa shape index (κ1) is 9.72. The molecule has 1 atom stereocenters. The molecule has 6 nitrogen and oxygen atoms in total. The zero-order valence-electron chi connectivity index (χ0n) is 8.17. The van der Waals surface area contributed by atoms with E-state index >= 15 is 0 Å². The van der Waals surface area contributed by atoms with Crippen molar-refractivity contribution in [2.45, 2.75) is 12.8 Å². The molecule has 0 aliphatic rings. The standard InChI is InChI=1S/C9H11N3O3/c1-5-3-11-9-12(5)4-7(15-9)6(2-10)8(13)14/h3-4,6H,2,10H2,1H3,(H,13,14). The molecule has 2 aromatic heterocycles. The Morgan fingerprint density at radius 2 is 2.53 bits per heavy atom. The highest BCUT2D eigenvalue weighted by molar-refractivity contribution is 5.75. The Balaban J connectivity index is 2.47. The van der Waals surface area contributed by atoms with Crippen LogP contribution in [0.5, 0.6) is 0 Å². The fourth-order valence-corrected chi connectivity index (χ4v) is 1.42. The summed E-state index contributed by atoms with van der Waals surface area (Å²) >= 11 is 0. The van der Waals surface area contributed by atoms with E-state index in [1.165, 1.54) is 0 Å². The number of aryl methyl sites for hydroxylation is 1. The molecule has 0 aromatic carbocycles. The van der Waals surface area contributed by atoms with Crippen molar-refractivity contribution < 1.29 is 14.3 Å². The molecule has 80 valence electrons. The maximum atomic E-state index is 10.8. The first-order valence-corrected chi connectivity index (χ1v) is 4.49. The maximum Gasteiger partial charge on any atom is 0.315 e. The summed E-state index contributed by atoms with van der Waals surface area (Å²) in [6.45, 7) is 1.86.